The molecule has 0 aromatic heterocycles. The van der Waals surface area contributed by atoms with Crippen LogP contribution in [-0.2, 0) is 15.9 Å². The van der Waals surface area contributed by atoms with Crippen molar-refractivity contribution in [1.29, 1.82) is 0 Å². The van der Waals surface area contributed by atoms with E-state index in [-0.39, 0.29) is 30.5 Å². The fourth-order valence-electron chi connectivity index (χ4n) is 4.09. The number of aliphatic hydroxyl groups is 6. The SMILES string of the molecule is COc1cc([C@H](O)[C@@H](CO[C@@H]2O[C@H](CO)[C@@H](O)[C@H](O)[C@H]2O)Oc2ccc(CCCO)cc2OC)ccc1O. The van der Waals surface area contributed by atoms with Gasteiger partial charge in [0.05, 0.1) is 27.4 Å². The second-order valence-electron chi connectivity index (χ2n) is 8.88. The van der Waals surface area contributed by atoms with Crippen LogP contribution in [0.25, 0.3) is 0 Å². The first-order valence-corrected chi connectivity index (χ1v) is 12.2. The topological polar surface area (TPSA) is 188 Å². The van der Waals surface area contributed by atoms with E-state index in [1.165, 1.54) is 32.4 Å². The quantitative estimate of drug-likeness (QED) is 0.175. The van der Waals surface area contributed by atoms with Crippen molar-refractivity contribution in [3.8, 4) is 23.0 Å². The second-order valence-corrected chi connectivity index (χ2v) is 8.88. The van der Waals surface area contributed by atoms with E-state index in [0.29, 0.717) is 24.2 Å². The Hall–Kier alpha value is -2.68. The van der Waals surface area contributed by atoms with E-state index >= 15 is 0 Å². The van der Waals surface area contributed by atoms with Crippen LogP contribution in [0.5, 0.6) is 23.0 Å². The molecule has 0 spiro atoms. The number of aryl methyl sites for hydroxylation is 1. The van der Waals surface area contributed by atoms with Gasteiger partial charge >= 0.3 is 0 Å². The van der Waals surface area contributed by atoms with Crippen molar-refractivity contribution in [2.45, 2.75) is 55.8 Å². The predicted octanol–water partition coefficient (Wildman–Crippen LogP) is -0.368. The van der Waals surface area contributed by atoms with Gasteiger partial charge in [-0.25, -0.2) is 0 Å². The summed E-state index contributed by atoms with van der Waals surface area (Å²) < 4.78 is 27.7. The highest BCUT2D eigenvalue weighted by Crippen LogP contribution is 2.35. The molecular formula is C26H36O12. The largest absolute Gasteiger partial charge is 0.504 e. The highest BCUT2D eigenvalue weighted by atomic mass is 16.7. The van der Waals surface area contributed by atoms with Gasteiger partial charge in [-0.2, -0.15) is 0 Å². The molecule has 1 fully saturated rings. The fourth-order valence-corrected chi connectivity index (χ4v) is 4.09. The zero-order valence-electron chi connectivity index (χ0n) is 21.2. The van der Waals surface area contributed by atoms with Crippen molar-refractivity contribution in [2.75, 3.05) is 34.0 Å². The molecule has 0 amide bonds. The minimum absolute atomic E-state index is 0.0419. The Kier molecular flexibility index (Phi) is 10.9. The lowest BCUT2D eigenvalue weighted by Gasteiger charge is -2.40. The Balaban J connectivity index is 1.87. The summed E-state index contributed by atoms with van der Waals surface area (Å²) >= 11 is 0. The van der Waals surface area contributed by atoms with Crippen molar-refractivity contribution in [3.05, 3.63) is 47.5 Å². The monoisotopic (exact) mass is 540 g/mol. The number of phenolic OH excluding ortho intramolecular Hbond substituents is 1. The summed E-state index contributed by atoms with van der Waals surface area (Å²) in [6, 6.07) is 9.44. The Morgan fingerprint density at radius 3 is 2.29 bits per heavy atom. The van der Waals surface area contributed by atoms with E-state index in [4.69, 9.17) is 28.8 Å². The molecule has 1 heterocycles. The smallest absolute Gasteiger partial charge is 0.186 e. The summed E-state index contributed by atoms with van der Waals surface area (Å²) in [5.74, 6) is 0.640. The molecule has 1 aliphatic rings. The Bertz CT molecular complexity index is 1020. The predicted molar refractivity (Wildman–Crippen MR) is 132 cm³/mol. The minimum atomic E-state index is -1.64. The van der Waals surface area contributed by atoms with Crippen LogP contribution in [0.1, 0.15) is 23.7 Å². The number of benzene rings is 2. The Labute approximate surface area is 220 Å². The first kappa shape index (κ1) is 29.9. The second kappa shape index (κ2) is 13.9. The number of phenols is 1. The van der Waals surface area contributed by atoms with Gasteiger partial charge in [0, 0.05) is 6.61 Å². The van der Waals surface area contributed by atoms with E-state index < -0.39 is 49.5 Å². The van der Waals surface area contributed by atoms with Crippen LogP contribution in [-0.4, -0.2) is 107 Å². The fraction of sp³-hybridized carbons (Fsp3) is 0.538. The van der Waals surface area contributed by atoms with Crippen LogP contribution in [0.3, 0.4) is 0 Å². The normalized spacial score (nSPS) is 25.0. The van der Waals surface area contributed by atoms with Gasteiger partial charge in [-0.05, 0) is 48.2 Å². The summed E-state index contributed by atoms with van der Waals surface area (Å²) in [5, 5.41) is 70.1. The molecule has 2 aromatic carbocycles. The summed E-state index contributed by atoms with van der Waals surface area (Å²) in [4.78, 5) is 0. The number of ether oxygens (including phenoxy) is 5. The number of rotatable bonds is 13. The van der Waals surface area contributed by atoms with E-state index in [1.807, 2.05) is 0 Å². The highest BCUT2D eigenvalue weighted by Gasteiger charge is 2.44. The van der Waals surface area contributed by atoms with Crippen molar-refractivity contribution in [2.24, 2.45) is 0 Å². The third kappa shape index (κ3) is 7.04. The van der Waals surface area contributed by atoms with Crippen molar-refractivity contribution in [1.82, 2.24) is 0 Å². The zero-order chi connectivity index (χ0) is 27.8. The van der Waals surface area contributed by atoms with Gasteiger partial charge < -0.3 is 59.4 Å². The molecule has 2 aromatic rings. The Morgan fingerprint density at radius 2 is 1.63 bits per heavy atom. The summed E-state index contributed by atoms with van der Waals surface area (Å²) in [6.45, 7) is -0.955. The Morgan fingerprint density at radius 1 is 0.895 bits per heavy atom. The van der Waals surface area contributed by atoms with Crippen LogP contribution in [0.4, 0.5) is 0 Å². The molecule has 212 valence electrons. The van der Waals surface area contributed by atoms with E-state index in [2.05, 4.69) is 0 Å². The molecule has 38 heavy (non-hydrogen) atoms. The number of hydrogen-bond donors (Lipinski definition) is 7. The lowest BCUT2D eigenvalue weighted by molar-refractivity contribution is -0.305. The molecule has 7 N–H and O–H groups in total. The lowest BCUT2D eigenvalue weighted by atomic mass is 9.99. The molecule has 12 nitrogen and oxygen atoms in total. The lowest BCUT2D eigenvalue weighted by Crippen LogP contribution is -2.59. The van der Waals surface area contributed by atoms with E-state index in [0.717, 1.165) is 5.56 Å². The average Bonchev–Trinajstić information content (AvgIpc) is 2.93. The van der Waals surface area contributed by atoms with Crippen molar-refractivity contribution >= 4 is 0 Å². The van der Waals surface area contributed by atoms with E-state index in [9.17, 15) is 30.6 Å². The van der Waals surface area contributed by atoms with Gasteiger partial charge in [0.2, 0.25) is 0 Å². The molecule has 7 atom stereocenters. The molecule has 0 radical (unpaired) electrons. The van der Waals surface area contributed by atoms with Crippen LogP contribution in [0, 0.1) is 0 Å². The van der Waals surface area contributed by atoms with Gasteiger partial charge in [-0.15, -0.1) is 0 Å². The third-order valence-corrected chi connectivity index (χ3v) is 6.30. The summed E-state index contributed by atoms with van der Waals surface area (Å²) in [6.07, 6.45) is -8.72. The van der Waals surface area contributed by atoms with Gasteiger partial charge in [0.1, 0.15) is 30.5 Å². The van der Waals surface area contributed by atoms with Crippen LogP contribution < -0.4 is 14.2 Å². The molecule has 1 saturated heterocycles. The molecule has 0 bridgehead atoms. The average molecular weight is 541 g/mol. The van der Waals surface area contributed by atoms with Gasteiger partial charge in [-0.3, -0.25) is 0 Å². The van der Waals surface area contributed by atoms with E-state index in [1.54, 1.807) is 18.2 Å². The molecular weight excluding hydrogens is 504 g/mol. The molecule has 3 rings (SSSR count). The third-order valence-electron chi connectivity index (χ3n) is 6.30. The number of aromatic hydroxyl groups is 1. The highest BCUT2D eigenvalue weighted by molar-refractivity contribution is 5.44. The molecule has 0 aliphatic carbocycles. The molecule has 0 unspecified atom stereocenters. The van der Waals surface area contributed by atoms with Crippen LogP contribution in [0.15, 0.2) is 36.4 Å². The maximum atomic E-state index is 11.2. The summed E-state index contributed by atoms with van der Waals surface area (Å²) in [7, 11) is 2.82. The minimum Gasteiger partial charge on any atom is -0.504 e. The van der Waals surface area contributed by atoms with Crippen molar-refractivity contribution in [3.63, 3.8) is 0 Å². The standard InChI is InChI=1S/C26H36O12/c1-34-18-11-15(6-7-16(18)29)22(30)21(13-36-26-25(33)24(32)23(31)20(12-28)38-26)37-17-8-5-14(4-3-9-27)10-19(17)35-2/h5-8,10-11,20-33H,3-4,9,12-13H2,1-2H3/t20-,21-,22+,23-,24+,25-,26-/m1/s1. The zero-order valence-corrected chi connectivity index (χ0v) is 21.2. The number of aliphatic hydroxyl groups excluding tert-OH is 6. The first-order chi connectivity index (χ1) is 18.2. The molecule has 12 heteroatoms. The number of hydrogen-bond acceptors (Lipinski definition) is 12. The first-order valence-electron chi connectivity index (χ1n) is 12.2. The molecule has 0 saturated carbocycles. The maximum Gasteiger partial charge on any atom is 0.186 e. The number of methoxy groups -OCH3 is 2. The van der Waals surface area contributed by atoms with Crippen LogP contribution >= 0.6 is 0 Å². The summed E-state index contributed by atoms with van der Waals surface area (Å²) in [5.41, 5.74) is 1.22. The van der Waals surface area contributed by atoms with Crippen LogP contribution in [0.2, 0.25) is 0 Å². The molecule has 1 aliphatic heterocycles. The van der Waals surface area contributed by atoms with Crippen molar-refractivity contribution < 1.29 is 59.4 Å². The van der Waals surface area contributed by atoms with Gasteiger partial charge in [0.25, 0.3) is 0 Å². The van der Waals surface area contributed by atoms with Gasteiger partial charge in [-0.1, -0.05) is 12.1 Å². The maximum absolute atomic E-state index is 11.2. The van der Waals surface area contributed by atoms with Gasteiger partial charge in [0.15, 0.2) is 35.4 Å².